The van der Waals surface area contributed by atoms with E-state index in [4.69, 9.17) is 5.11 Å². The number of carbonyl (C=O) groups is 1. The molecule has 1 aliphatic heterocycles. The van der Waals surface area contributed by atoms with E-state index in [0.29, 0.717) is 12.6 Å². The van der Waals surface area contributed by atoms with Crippen LogP contribution in [0, 0.1) is 0 Å². The lowest BCUT2D eigenvalue weighted by molar-refractivity contribution is -0.137. The Bertz CT molecular complexity index is 408. The van der Waals surface area contributed by atoms with Gasteiger partial charge in [-0.15, -0.1) is 0 Å². The molecule has 0 saturated carbocycles. The zero-order chi connectivity index (χ0) is 12.3. The van der Waals surface area contributed by atoms with Crippen LogP contribution in [-0.4, -0.2) is 29.1 Å². The summed E-state index contributed by atoms with van der Waals surface area (Å²) in [6.07, 6.45) is 2.50. The molecule has 4 heteroatoms. The van der Waals surface area contributed by atoms with Crippen LogP contribution in [0.25, 0.3) is 0 Å². The number of rotatable bonds is 4. The van der Waals surface area contributed by atoms with Crippen LogP contribution >= 0.6 is 15.9 Å². The van der Waals surface area contributed by atoms with Crippen molar-refractivity contribution in [2.75, 3.05) is 13.1 Å². The molecule has 1 unspecified atom stereocenters. The SMILES string of the molecule is O=C(O)CCN1CCCC1c1cccc(Br)c1. The fraction of sp³-hybridized carbons (Fsp3) is 0.462. The molecule has 3 nitrogen and oxygen atoms in total. The molecule has 1 atom stereocenters. The summed E-state index contributed by atoms with van der Waals surface area (Å²) >= 11 is 3.48. The Labute approximate surface area is 110 Å². The maximum Gasteiger partial charge on any atom is 0.304 e. The van der Waals surface area contributed by atoms with Crippen molar-refractivity contribution < 1.29 is 9.90 Å². The van der Waals surface area contributed by atoms with Crippen molar-refractivity contribution in [2.24, 2.45) is 0 Å². The van der Waals surface area contributed by atoms with Crippen LogP contribution in [0.4, 0.5) is 0 Å². The molecule has 2 rings (SSSR count). The number of likely N-dealkylation sites (tertiary alicyclic amines) is 1. The van der Waals surface area contributed by atoms with E-state index in [1.54, 1.807) is 0 Å². The number of hydrogen-bond acceptors (Lipinski definition) is 2. The third-order valence-electron chi connectivity index (χ3n) is 3.21. The molecular formula is C13H16BrNO2. The molecule has 1 N–H and O–H groups in total. The Kier molecular flexibility index (Phi) is 4.18. The summed E-state index contributed by atoms with van der Waals surface area (Å²) in [7, 11) is 0. The molecule has 17 heavy (non-hydrogen) atoms. The summed E-state index contributed by atoms with van der Waals surface area (Å²) in [4.78, 5) is 12.9. The van der Waals surface area contributed by atoms with Gasteiger partial charge in [0.05, 0.1) is 6.42 Å². The fourth-order valence-corrected chi connectivity index (χ4v) is 2.84. The Hall–Kier alpha value is -0.870. The highest BCUT2D eigenvalue weighted by molar-refractivity contribution is 9.10. The van der Waals surface area contributed by atoms with Crippen molar-refractivity contribution in [3.63, 3.8) is 0 Å². The second-order valence-corrected chi connectivity index (χ2v) is 5.31. The van der Waals surface area contributed by atoms with E-state index in [-0.39, 0.29) is 6.42 Å². The second-order valence-electron chi connectivity index (χ2n) is 4.39. The monoisotopic (exact) mass is 297 g/mol. The molecule has 1 fully saturated rings. The van der Waals surface area contributed by atoms with Crippen LogP contribution in [0.5, 0.6) is 0 Å². The Morgan fingerprint density at radius 2 is 2.35 bits per heavy atom. The number of benzene rings is 1. The van der Waals surface area contributed by atoms with Crippen molar-refractivity contribution in [3.8, 4) is 0 Å². The van der Waals surface area contributed by atoms with Crippen molar-refractivity contribution >= 4 is 21.9 Å². The van der Waals surface area contributed by atoms with Crippen molar-refractivity contribution in [3.05, 3.63) is 34.3 Å². The van der Waals surface area contributed by atoms with Gasteiger partial charge in [-0.1, -0.05) is 28.1 Å². The lowest BCUT2D eigenvalue weighted by Gasteiger charge is -2.24. The van der Waals surface area contributed by atoms with E-state index in [0.717, 1.165) is 23.9 Å². The Morgan fingerprint density at radius 3 is 3.06 bits per heavy atom. The van der Waals surface area contributed by atoms with Crippen molar-refractivity contribution in [2.45, 2.75) is 25.3 Å². The zero-order valence-corrected chi connectivity index (χ0v) is 11.2. The summed E-state index contributed by atoms with van der Waals surface area (Å²) in [5.74, 6) is -0.718. The summed E-state index contributed by atoms with van der Waals surface area (Å²) in [6, 6.07) is 8.68. The Balaban J connectivity index is 2.06. The van der Waals surface area contributed by atoms with E-state index in [9.17, 15) is 4.79 Å². The predicted octanol–water partition coefficient (Wildman–Crippen LogP) is 3.06. The average molecular weight is 298 g/mol. The molecule has 0 aromatic heterocycles. The summed E-state index contributed by atoms with van der Waals surface area (Å²) in [5.41, 5.74) is 1.28. The minimum absolute atomic E-state index is 0.227. The first-order chi connectivity index (χ1) is 8.16. The number of carboxylic acids is 1. The van der Waals surface area contributed by atoms with Gasteiger partial charge in [0.1, 0.15) is 0 Å². The Morgan fingerprint density at radius 1 is 1.53 bits per heavy atom. The molecule has 1 aromatic carbocycles. The van der Waals surface area contributed by atoms with E-state index in [1.807, 2.05) is 12.1 Å². The zero-order valence-electron chi connectivity index (χ0n) is 9.60. The van der Waals surface area contributed by atoms with Crippen LogP contribution < -0.4 is 0 Å². The molecule has 1 heterocycles. The fourth-order valence-electron chi connectivity index (χ4n) is 2.42. The maximum absolute atomic E-state index is 10.6. The smallest absolute Gasteiger partial charge is 0.304 e. The first kappa shape index (κ1) is 12.6. The first-order valence-corrected chi connectivity index (χ1v) is 6.67. The molecule has 1 saturated heterocycles. The van der Waals surface area contributed by atoms with Crippen LogP contribution in [0.3, 0.4) is 0 Å². The number of carboxylic acid groups (broad SMARTS) is 1. The van der Waals surface area contributed by atoms with Gasteiger partial charge < -0.3 is 5.11 Å². The van der Waals surface area contributed by atoms with Gasteiger partial charge in [0.2, 0.25) is 0 Å². The summed E-state index contributed by atoms with van der Waals surface area (Å²) in [5, 5.41) is 8.74. The minimum Gasteiger partial charge on any atom is -0.481 e. The molecule has 0 radical (unpaired) electrons. The number of hydrogen-bond donors (Lipinski definition) is 1. The summed E-state index contributed by atoms with van der Waals surface area (Å²) in [6.45, 7) is 1.65. The lowest BCUT2D eigenvalue weighted by atomic mass is 10.0. The van der Waals surface area contributed by atoms with E-state index >= 15 is 0 Å². The molecule has 0 aliphatic carbocycles. The highest BCUT2D eigenvalue weighted by Gasteiger charge is 2.25. The van der Waals surface area contributed by atoms with Crippen molar-refractivity contribution in [1.29, 1.82) is 0 Å². The van der Waals surface area contributed by atoms with Crippen LogP contribution in [0.2, 0.25) is 0 Å². The van der Waals surface area contributed by atoms with Gasteiger partial charge in [0.15, 0.2) is 0 Å². The van der Waals surface area contributed by atoms with Crippen LogP contribution in [-0.2, 0) is 4.79 Å². The van der Waals surface area contributed by atoms with E-state index in [1.165, 1.54) is 5.56 Å². The predicted molar refractivity (Wildman–Crippen MR) is 69.9 cm³/mol. The normalized spacial score (nSPS) is 20.6. The molecular weight excluding hydrogens is 282 g/mol. The lowest BCUT2D eigenvalue weighted by Crippen LogP contribution is -2.26. The molecule has 0 amide bonds. The van der Waals surface area contributed by atoms with Gasteiger partial charge in [-0.2, -0.15) is 0 Å². The van der Waals surface area contributed by atoms with Gasteiger partial charge in [-0.25, -0.2) is 0 Å². The maximum atomic E-state index is 10.6. The molecule has 1 aliphatic rings. The number of halogens is 1. The average Bonchev–Trinajstić information content (AvgIpc) is 2.74. The molecule has 0 bridgehead atoms. The summed E-state index contributed by atoms with van der Waals surface area (Å²) < 4.78 is 1.08. The van der Waals surface area contributed by atoms with Crippen molar-refractivity contribution in [1.82, 2.24) is 4.90 Å². The topological polar surface area (TPSA) is 40.5 Å². The van der Waals surface area contributed by atoms with Gasteiger partial charge in [0.25, 0.3) is 0 Å². The van der Waals surface area contributed by atoms with Gasteiger partial charge in [-0.3, -0.25) is 9.69 Å². The molecule has 1 aromatic rings. The van der Waals surface area contributed by atoms with E-state index < -0.39 is 5.97 Å². The van der Waals surface area contributed by atoms with Gasteiger partial charge in [-0.05, 0) is 37.1 Å². The third kappa shape index (κ3) is 3.30. The largest absolute Gasteiger partial charge is 0.481 e. The highest BCUT2D eigenvalue weighted by atomic mass is 79.9. The minimum atomic E-state index is -0.718. The quantitative estimate of drug-likeness (QED) is 0.928. The van der Waals surface area contributed by atoms with Crippen LogP contribution in [0.15, 0.2) is 28.7 Å². The number of nitrogens with zero attached hydrogens (tertiary/aromatic N) is 1. The van der Waals surface area contributed by atoms with E-state index in [2.05, 4.69) is 33.0 Å². The standard InChI is InChI=1S/C13H16BrNO2/c14-11-4-1-3-10(9-11)12-5-2-7-15(12)8-6-13(16)17/h1,3-4,9,12H,2,5-8H2,(H,16,17). The van der Waals surface area contributed by atoms with Gasteiger partial charge in [0, 0.05) is 17.1 Å². The molecule has 92 valence electrons. The highest BCUT2D eigenvalue weighted by Crippen LogP contribution is 2.32. The molecule has 0 spiro atoms. The number of aliphatic carboxylic acids is 1. The van der Waals surface area contributed by atoms with Gasteiger partial charge >= 0.3 is 5.97 Å². The third-order valence-corrected chi connectivity index (χ3v) is 3.70. The van der Waals surface area contributed by atoms with Crippen LogP contribution in [0.1, 0.15) is 30.9 Å². The first-order valence-electron chi connectivity index (χ1n) is 5.88. The second kappa shape index (κ2) is 5.65.